The van der Waals surface area contributed by atoms with Crippen molar-refractivity contribution >= 4 is 17.3 Å². The Bertz CT molecular complexity index is 391. The number of aryl methyl sites for hydroxylation is 1. The molecular formula is C12H17NO3S. The van der Waals surface area contributed by atoms with E-state index in [1.165, 1.54) is 7.11 Å². The Morgan fingerprint density at radius 1 is 1.65 bits per heavy atom. The maximum atomic E-state index is 11.0. The molecule has 1 aromatic heterocycles. The van der Waals surface area contributed by atoms with E-state index < -0.39 is 0 Å². The molecule has 1 fully saturated rings. The van der Waals surface area contributed by atoms with E-state index in [-0.39, 0.29) is 12.1 Å². The summed E-state index contributed by atoms with van der Waals surface area (Å²) in [5, 5.41) is 3.04. The first-order valence-corrected chi connectivity index (χ1v) is 6.73. The Balaban J connectivity index is 1.89. The molecule has 0 radical (unpaired) electrons. The molecule has 94 valence electrons. The Kier molecular flexibility index (Phi) is 4.12. The SMILES string of the molecule is COC(=O)CCc1csc(C2CCC(C)O2)n1. The maximum absolute atomic E-state index is 11.0. The van der Waals surface area contributed by atoms with Gasteiger partial charge in [-0.2, -0.15) is 0 Å². The average molecular weight is 255 g/mol. The zero-order valence-corrected chi connectivity index (χ0v) is 11.0. The molecule has 1 aliphatic heterocycles. The third-order valence-corrected chi connectivity index (χ3v) is 3.88. The molecule has 2 rings (SSSR count). The topological polar surface area (TPSA) is 48.4 Å². The van der Waals surface area contributed by atoms with Crippen LogP contribution in [0.1, 0.15) is 43.0 Å². The quantitative estimate of drug-likeness (QED) is 0.776. The van der Waals surface area contributed by atoms with Crippen LogP contribution in [0, 0.1) is 0 Å². The molecule has 1 aromatic rings. The number of aromatic nitrogens is 1. The number of nitrogens with zero attached hydrogens (tertiary/aromatic N) is 1. The minimum atomic E-state index is -0.190. The number of hydrogen-bond acceptors (Lipinski definition) is 5. The Hall–Kier alpha value is -0.940. The Labute approximate surface area is 105 Å². The van der Waals surface area contributed by atoms with Gasteiger partial charge in [0.1, 0.15) is 11.1 Å². The van der Waals surface area contributed by atoms with Gasteiger partial charge in [0.05, 0.1) is 25.3 Å². The van der Waals surface area contributed by atoms with Crippen molar-refractivity contribution in [2.45, 2.75) is 44.8 Å². The van der Waals surface area contributed by atoms with Crippen LogP contribution in [0.15, 0.2) is 5.38 Å². The van der Waals surface area contributed by atoms with Crippen molar-refractivity contribution in [2.75, 3.05) is 7.11 Å². The van der Waals surface area contributed by atoms with Crippen molar-refractivity contribution in [1.29, 1.82) is 0 Å². The number of esters is 1. The molecule has 1 aliphatic rings. The second kappa shape index (κ2) is 5.60. The molecule has 0 N–H and O–H groups in total. The molecule has 17 heavy (non-hydrogen) atoms. The van der Waals surface area contributed by atoms with Gasteiger partial charge in [0.25, 0.3) is 0 Å². The van der Waals surface area contributed by atoms with Gasteiger partial charge in [-0.1, -0.05) is 0 Å². The van der Waals surface area contributed by atoms with E-state index in [4.69, 9.17) is 4.74 Å². The highest BCUT2D eigenvalue weighted by Crippen LogP contribution is 2.34. The number of methoxy groups -OCH3 is 1. The van der Waals surface area contributed by atoms with Crippen molar-refractivity contribution < 1.29 is 14.3 Å². The van der Waals surface area contributed by atoms with Gasteiger partial charge in [-0.3, -0.25) is 4.79 Å². The average Bonchev–Trinajstić information content (AvgIpc) is 2.94. The van der Waals surface area contributed by atoms with Gasteiger partial charge in [-0.05, 0) is 19.8 Å². The van der Waals surface area contributed by atoms with Crippen LogP contribution in [0.2, 0.25) is 0 Å². The zero-order chi connectivity index (χ0) is 12.3. The van der Waals surface area contributed by atoms with Crippen LogP contribution in [-0.4, -0.2) is 24.2 Å². The van der Waals surface area contributed by atoms with E-state index in [2.05, 4.69) is 16.6 Å². The van der Waals surface area contributed by atoms with Crippen molar-refractivity contribution in [1.82, 2.24) is 4.98 Å². The van der Waals surface area contributed by atoms with Crippen LogP contribution in [0.3, 0.4) is 0 Å². The number of ether oxygens (including phenoxy) is 2. The first-order valence-electron chi connectivity index (χ1n) is 5.85. The fourth-order valence-corrected chi connectivity index (χ4v) is 2.82. The van der Waals surface area contributed by atoms with Crippen molar-refractivity contribution in [3.8, 4) is 0 Å². The second-order valence-corrected chi connectivity index (χ2v) is 5.16. The highest BCUT2D eigenvalue weighted by Gasteiger charge is 2.25. The minimum Gasteiger partial charge on any atom is -0.469 e. The van der Waals surface area contributed by atoms with Gasteiger partial charge in [-0.25, -0.2) is 4.98 Å². The number of hydrogen-bond donors (Lipinski definition) is 0. The molecule has 0 amide bonds. The van der Waals surface area contributed by atoms with Crippen molar-refractivity contribution in [3.05, 3.63) is 16.1 Å². The van der Waals surface area contributed by atoms with E-state index in [1.807, 2.05) is 5.38 Å². The molecule has 0 saturated carbocycles. The smallest absolute Gasteiger partial charge is 0.305 e. The van der Waals surface area contributed by atoms with Gasteiger partial charge in [0, 0.05) is 11.8 Å². The monoisotopic (exact) mass is 255 g/mol. The third-order valence-electron chi connectivity index (χ3n) is 2.89. The third kappa shape index (κ3) is 3.26. The van der Waals surface area contributed by atoms with E-state index >= 15 is 0 Å². The lowest BCUT2D eigenvalue weighted by molar-refractivity contribution is -0.140. The minimum absolute atomic E-state index is 0.155. The summed E-state index contributed by atoms with van der Waals surface area (Å²) < 4.78 is 10.4. The van der Waals surface area contributed by atoms with Crippen LogP contribution < -0.4 is 0 Å². The van der Waals surface area contributed by atoms with E-state index in [0.29, 0.717) is 18.9 Å². The fourth-order valence-electron chi connectivity index (χ4n) is 1.90. The van der Waals surface area contributed by atoms with Gasteiger partial charge < -0.3 is 9.47 Å². The summed E-state index contributed by atoms with van der Waals surface area (Å²) >= 11 is 1.62. The predicted octanol–water partition coefficient (Wildman–Crippen LogP) is 2.49. The van der Waals surface area contributed by atoms with Crippen molar-refractivity contribution in [3.63, 3.8) is 0 Å². The summed E-state index contributed by atoms with van der Waals surface area (Å²) in [4.78, 5) is 15.5. The standard InChI is InChI=1S/C12H17NO3S/c1-8-3-5-10(16-8)12-13-9(7-17-12)4-6-11(14)15-2/h7-8,10H,3-6H2,1-2H3. The summed E-state index contributed by atoms with van der Waals surface area (Å²) in [5.41, 5.74) is 0.957. The first-order chi connectivity index (χ1) is 8.19. The molecule has 0 aliphatic carbocycles. The van der Waals surface area contributed by atoms with Gasteiger partial charge in [-0.15, -0.1) is 11.3 Å². The highest BCUT2D eigenvalue weighted by atomic mass is 32.1. The first kappa shape index (κ1) is 12.5. The molecule has 0 aromatic carbocycles. The van der Waals surface area contributed by atoms with Crippen LogP contribution in [0.5, 0.6) is 0 Å². The summed E-state index contributed by atoms with van der Waals surface area (Å²) in [5.74, 6) is -0.190. The number of thiazole rings is 1. The summed E-state index contributed by atoms with van der Waals surface area (Å²) in [6, 6.07) is 0. The molecule has 5 heteroatoms. The predicted molar refractivity (Wildman–Crippen MR) is 65.0 cm³/mol. The van der Waals surface area contributed by atoms with Gasteiger partial charge in [0.2, 0.25) is 0 Å². The lowest BCUT2D eigenvalue weighted by atomic mass is 10.2. The highest BCUT2D eigenvalue weighted by molar-refractivity contribution is 7.09. The molecule has 4 nitrogen and oxygen atoms in total. The van der Waals surface area contributed by atoms with E-state index in [0.717, 1.165) is 23.5 Å². The largest absolute Gasteiger partial charge is 0.469 e. The summed E-state index contributed by atoms with van der Waals surface area (Å²) in [6.07, 6.45) is 3.67. The molecule has 0 bridgehead atoms. The molecule has 0 spiro atoms. The van der Waals surface area contributed by atoms with E-state index in [1.54, 1.807) is 11.3 Å². The van der Waals surface area contributed by atoms with Crippen LogP contribution in [0.25, 0.3) is 0 Å². The zero-order valence-electron chi connectivity index (χ0n) is 10.1. The second-order valence-electron chi connectivity index (χ2n) is 4.27. The molecule has 2 atom stereocenters. The van der Waals surface area contributed by atoms with E-state index in [9.17, 15) is 4.79 Å². The Morgan fingerprint density at radius 2 is 2.47 bits per heavy atom. The van der Waals surface area contributed by atoms with Crippen molar-refractivity contribution in [2.24, 2.45) is 0 Å². The fraction of sp³-hybridized carbons (Fsp3) is 0.667. The Morgan fingerprint density at radius 3 is 3.12 bits per heavy atom. The normalized spacial score (nSPS) is 23.9. The summed E-state index contributed by atoms with van der Waals surface area (Å²) in [6.45, 7) is 2.09. The number of carbonyl (C=O) groups is 1. The molecule has 2 unspecified atom stereocenters. The molecule has 1 saturated heterocycles. The van der Waals surface area contributed by atoms with Crippen LogP contribution in [-0.2, 0) is 20.7 Å². The lowest BCUT2D eigenvalue weighted by Crippen LogP contribution is -2.03. The van der Waals surface area contributed by atoms with Crippen LogP contribution in [0.4, 0.5) is 0 Å². The summed E-state index contributed by atoms with van der Waals surface area (Å²) in [7, 11) is 1.41. The van der Waals surface area contributed by atoms with Gasteiger partial charge in [0.15, 0.2) is 0 Å². The van der Waals surface area contributed by atoms with Crippen LogP contribution >= 0.6 is 11.3 Å². The van der Waals surface area contributed by atoms with Gasteiger partial charge >= 0.3 is 5.97 Å². The maximum Gasteiger partial charge on any atom is 0.305 e. The lowest BCUT2D eigenvalue weighted by Gasteiger charge is -2.06. The number of carbonyl (C=O) groups excluding carboxylic acids is 1. The molecule has 2 heterocycles. The molecular weight excluding hydrogens is 238 g/mol. The number of rotatable bonds is 4.